The van der Waals surface area contributed by atoms with Crippen LogP contribution in [0.3, 0.4) is 0 Å². The van der Waals surface area contributed by atoms with Crippen LogP contribution in [-0.4, -0.2) is 30.3 Å². The van der Waals surface area contributed by atoms with E-state index in [1.807, 2.05) is 30.3 Å². The summed E-state index contributed by atoms with van der Waals surface area (Å²) >= 11 is 6.57. The zero-order valence-electron chi connectivity index (χ0n) is 18.0. The van der Waals surface area contributed by atoms with Crippen LogP contribution in [0.5, 0.6) is 11.5 Å². The first kappa shape index (κ1) is 23.0. The molecular weight excluding hydrogens is 447 g/mol. The number of carbonyl (C=O) groups excluding carboxylic acids is 1. The lowest BCUT2D eigenvalue weighted by Gasteiger charge is -2.27. The summed E-state index contributed by atoms with van der Waals surface area (Å²) in [5, 5.41) is 9.76. The third-order valence-corrected chi connectivity index (χ3v) is 6.03. The molecule has 4 rings (SSSR count). The van der Waals surface area contributed by atoms with Crippen molar-refractivity contribution in [3.8, 4) is 22.6 Å². The predicted molar refractivity (Wildman–Crippen MR) is 124 cm³/mol. The van der Waals surface area contributed by atoms with E-state index < -0.39 is 23.4 Å². The number of fused-ring (bicyclic) bond motifs is 1. The van der Waals surface area contributed by atoms with Gasteiger partial charge in [-0.15, -0.1) is 0 Å². The van der Waals surface area contributed by atoms with Gasteiger partial charge < -0.3 is 26.0 Å². The number of hydrogen-bond acceptors (Lipinski definition) is 5. The number of hydrogen-bond donors (Lipinski definition) is 3. The Hall–Kier alpha value is -3.13. The molecule has 5 N–H and O–H groups in total. The van der Waals surface area contributed by atoms with Crippen molar-refractivity contribution in [3.63, 3.8) is 0 Å². The fourth-order valence-corrected chi connectivity index (χ4v) is 4.41. The molecule has 6 nitrogen and oxygen atoms in total. The van der Waals surface area contributed by atoms with Crippen LogP contribution in [-0.2, 0) is 12.0 Å². The van der Waals surface area contributed by atoms with Crippen LogP contribution in [0.4, 0.5) is 4.39 Å². The van der Waals surface area contributed by atoms with Crippen molar-refractivity contribution in [1.82, 2.24) is 0 Å². The van der Waals surface area contributed by atoms with Crippen LogP contribution in [0.15, 0.2) is 54.6 Å². The van der Waals surface area contributed by atoms with E-state index >= 15 is 4.39 Å². The molecule has 0 aliphatic carbocycles. The maximum atomic E-state index is 15.7. The number of aliphatic hydroxyl groups excluding tert-OH is 1. The van der Waals surface area contributed by atoms with E-state index in [-0.39, 0.29) is 35.1 Å². The van der Waals surface area contributed by atoms with Gasteiger partial charge in [-0.3, -0.25) is 4.79 Å². The fraction of sp³-hybridized carbons (Fsp3) is 0.240. The third-order valence-electron chi connectivity index (χ3n) is 5.72. The van der Waals surface area contributed by atoms with Crippen molar-refractivity contribution in [3.05, 3.63) is 82.1 Å². The molecule has 0 saturated heterocycles. The van der Waals surface area contributed by atoms with E-state index in [1.54, 1.807) is 12.1 Å². The van der Waals surface area contributed by atoms with Gasteiger partial charge in [0, 0.05) is 34.7 Å². The van der Waals surface area contributed by atoms with Crippen LogP contribution in [0.25, 0.3) is 11.1 Å². The number of halogens is 2. The number of carbonyl (C=O) groups is 1. The van der Waals surface area contributed by atoms with E-state index in [0.29, 0.717) is 23.3 Å². The summed E-state index contributed by atoms with van der Waals surface area (Å²) in [6.45, 7) is 1.57. The number of amides is 1. The van der Waals surface area contributed by atoms with Gasteiger partial charge in [0.1, 0.15) is 12.4 Å². The van der Waals surface area contributed by atoms with Gasteiger partial charge >= 0.3 is 0 Å². The molecule has 0 fully saturated rings. The SMILES string of the molecule is C[C@@H](O)COc1ccc(C(N)=O)c(-c2c(Cl)ccc3c2C[C@@](CN)(c2ccccc2)O3)c1F. The molecule has 0 radical (unpaired) electrons. The molecule has 0 saturated carbocycles. The molecule has 172 valence electrons. The largest absolute Gasteiger partial charge is 0.488 e. The average Bonchev–Trinajstić information content (AvgIpc) is 3.19. The van der Waals surface area contributed by atoms with Crippen LogP contribution in [0.2, 0.25) is 5.02 Å². The molecule has 0 spiro atoms. The van der Waals surface area contributed by atoms with Crippen LogP contribution >= 0.6 is 11.6 Å². The summed E-state index contributed by atoms with van der Waals surface area (Å²) < 4.78 is 27.5. The van der Waals surface area contributed by atoms with Gasteiger partial charge in [0.25, 0.3) is 0 Å². The van der Waals surface area contributed by atoms with Crippen molar-refractivity contribution in [2.45, 2.75) is 25.0 Å². The summed E-state index contributed by atoms with van der Waals surface area (Å²) in [6.07, 6.45) is -0.493. The molecule has 0 unspecified atom stereocenters. The molecule has 8 heteroatoms. The second-order valence-corrected chi connectivity index (χ2v) is 8.47. The fourth-order valence-electron chi connectivity index (χ4n) is 4.14. The van der Waals surface area contributed by atoms with Crippen molar-refractivity contribution in [1.29, 1.82) is 0 Å². The summed E-state index contributed by atoms with van der Waals surface area (Å²) in [5.74, 6) is -1.25. The third kappa shape index (κ3) is 4.15. The van der Waals surface area contributed by atoms with Gasteiger partial charge in [0.05, 0.1) is 11.7 Å². The molecule has 3 aromatic rings. The maximum Gasteiger partial charge on any atom is 0.249 e. The monoisotopic (exact) mass is 470 g/mol. The van der Waals surface area contributed by atoms with Crippen molar-refractivity contribution in [2.75, 3.05) is 13.2 Å². The molecule has 2 atom stereocenters. The molecule has 1 heterocycles. The number of primary amides is 1. The minimum absolute atomic E-state index is 0.0443. The number of rotatable bonds is 7. The first-order chi connectivity index (χ1) is 15.8. The molecule has 33 heavy (non-hydrogen) atoms. The van der Waals surface area contributed by atoms with E-state index in [9.17, 15) is 9.90 Å². The van der Waals surface area contributed by atoms with Gasteiger partial charge in [-0.25, -0.2) is 4.39 Å². The topological polar surface area (TPSA) is 108 Å². The number of benzene rings is 3. The standard InChI is InChI=1S/C25H24ClFN2O4/c1-14(30)12-32-20-9-7-16(24(29)31)22(23(20)27)21-17-11-25(13-28,15-5-3-2-4-6-15)33-19(17)10-8-18(21)26/h2-10,14,30H,11-13,28H2,1H3,(H2,29,31)/t14-,25-/m1/s1. The Labute approximate surface area is 195 Å². The molecule has 1 amide bonds. The molecule has 1 aliphatic rings. The average molecular weight is 471 g/mol. The second-order valence-electron chi connectivity index (χ2n) is 8.07. The number of nitrogens with two attached hydrogens (primary N) is 2. The Morgan fingerprint density at radius 3 is 2.58 bits per heavy atom. The summed E-state index contributed by atoms with van der Waals surface area (Å²) in [4.78, 5) is 12.2. The minimum atomic E-state index is -0.868. The van der Waals surface area contributed by atoms with Crippen molar-refractivity contribution < 1.29 is 23.8 Å². The first-order valence-electron chi connectivity index (χ1n) is 10.5. The van der Waals surface area contributed by atoms with Crippen molar-refractivity contribution in [2.24, 2.45) is 11.5 Å². The Kier molecular flexibility index (Phi) is 6.30. The van der Waals surface area contributed by atoms with E-state index in [4.69, 9.17) is 32.5 Å². The van der Waals surface area contributed by atoms with Crippen LogP contribution in [0, 0.1) is 5.82 Å². The van der Waals surface area contributed by atoms with Gasteiger partial charge in [-0.05, 0) is 36.8 Å². The minimum Gasteiger partial charge on any atom is -0.488 e. The first-order valence-corrected chi connectivity index (χ1v) is 10.8. The summed E-state index contributed by atoms with van der Waals surface area (Å²) in [6, 6.07) is 15.5. The highest BCUT2D eigenvalue weighted by atomic mass is 35.5. The van der Waals surface area contributed by atoms with Gasteiger partial charge in [-0.1, -0.05) is 41.9 Å². The second kappa shape index (κ2) is 9.02. The van der Waals surface area contributed by atoms with Crippen molar-refractivity contribution >= 4 is 17.5 Å². The Morgan fingerprint density at radius 2 is 1.94 bits per heavy atom. The Morgan fingerprint density at radius 1 is 1.21 bits per heavy atom. The van der Waals surface area contributed by atoms with E-state index in [2.05, 4.69) is 0 Å². The normalized spacial score (nSPS) is 17.8. The lowest BCUT2D eigenvalue weighted by atomic mass is 9.85. The van der Waals surface area contributed by atoms with Crippen LogP contribution < -0.4 is 20.9 Å². The smallest absolute Gasteiger partial charge is 0.249 e. The van der Waals surface area contributed by atoms with E-state index in [1.165, 1.54) is 19.1 Å². The molecule has 0 bridgehead atoms. The zero-order chi connectivity index (χ0) is 23.8. The predicted octanol–water partition coefficient (Wildman–Crippen LogP) is 3.79. The highest BCUT2D eigenvalue weighted by molar-refractivity contribution is 6.34. The molecule has 0 aromatic heterocycles. The maximum absolute atomic E-state index is 15.7. The van der Waals surface area contributed by atoms with Gasteiger partial charge in [0.15, 0.2) is 17.2 Å². The Bertz CT molecular complexity index is 1200. The highest BCUT2D eigenvalue weighted by Crippen LogP contribution is 2.49. The van der Waals surface area contributed by atoms with E-state index in [0.717, 1.165) is 5.56 Å². The number of ether oxygens (including phenoxy) is 2. The molecule has 1 aliphatic heterocycles. The lowest BCUT2D eigenvalue weighted by Crippen LogP contribution is -2.39. The highest BCUT2D eigenvalue weighted by Gasteiger charge is 2.42. The number of aliphatic hydroxyl groups is 1. The Balaban J connectivity index is 1.90. The molecule has 3 aromatic carbocycles. The summed E-state index contributed by atoms with van der Waals surface area (Å²) in [5.41, 5.74) is 12.5. The van der Waals surface area contributed by atoms with Gasteiger partial charge in [-0.2, -0.15) is 0 Å². The zero-order valence-corrected chi connectivity index (χ0v) is 18.7. The van der Waals surface area contributed by atoms with Crippen LogP contribution in [0.1, 0.15) is 28.4 Å². The lowest BCUT2D eigenvalue weighted by molar-refractivity contribution is 0.0999. The quantitative estimate of drug-likeness (QED) is 0.487. The molecular formula is C25H24ClFN2O4. The van der Waals surface area contributed by atoms with Gasteiger partial charge in [0.2, 0.25) is 5.91 Å². The summed E-state index contributed by atoms with van der Waals surface area (Å²) in [7, 11) is 0.